The fourth-order valence-electron chi connectivity index (χ4n) is 2.98. The fourth-order valence-corrected chi connectivity index (χ4v) is 2.98. The normalized spacial score (nSPS) is 16.6. The molecule has 0 saturated heterocycles. The van der Waals surface area contributed by atoms with E-state index < -0.39 is 17.6 Å². The predicted molar refractivity (Wildman–Crippen MR) is 82.8 cm³/mol. The van der Waals surface area contributed by atoms with Crippen LogP contribution in [0.2, 0.25) is 0 Å². The highest BCUT2D eigenvalue weighted by Crippen LogP contribution is 2.39. The number of halogens is 2. The Morgan fingerprint density at radius 1 is 1.17 bits per heavy atom. The molecule has 24 heavy (non-hydrogen) atoms. The van der Waals surface area contributed by atoms with E-state index in [0.717, 1.165) is 0 Å². The number of nitrogens with zero attached hydrogens (tertiary/aromatic N) is 3. The molecule has 0 spiro atoms. The van der Waals surface area contributed by atoms with E-state index in [1.807, 2.05) is 0 Å². The molecule has 1 aliphatic heterocycles. The van der Waals surface area contributed by atoms with Crippen molar-refractivity contribution in [2.45, 2.75) is 12.3 Å². The number of pyridine rings is 1. The number of carbonyl (C=O) groups is 1. The van der Waals surface area contributed by atoms with Crippen molar-refractivity contribution in [2.75, 3.05) is 5.32 Å². The Bertz CT molecular complexity index is 903. The molecule has 7 heteroatoms. The Morgan fingerprint density at radius 3 is 2.67 bits per heavy atom. The van der Waals surface area contributed by atoms with Crippen molar-refractivity contribution in [1.82, 2.24) is 14.5 Å². The van der Waals surface area contributed by atoms with Gasteiger partial charge in [0.15, 0.2) is 0 Å². The van der Waals surface area contributed by atoms with E-state index in [9.17, 15) is 13.6 Å². The van der Waals surface area contributed by atoms with E-state index in [0.29, 0.717) is 17.2 Å². The summed E-state index contributed by atoms with van der Waals surface area (Å²) in [6, 6.07) is 7.21. The van der Waals surface area contributed by atoms with Crippen molar-refractivity contribution in [1.29, 1.82) is 0 Å². The van der Waals surface area contributed by atoms with Crippen LogP contribution in [0, 0.1) is 11.6 Å². The van der Waals surface area contributed by atoms with E-state index in [2.05, 4.69) is 15.3 Å². The van der Waals surface area contributed by atoms with Crippen molar-refractivity contribution >= 4 is 11.7 Å². The zero-order valence-electron chi connectivity index (χ0n) is 12.4. The SMILES string of the molecule is O=C1C[C@H](c2c(F)cccc2F)c2ncn(-c3cccnc3)c2N1. The lowest BCUT2D eigenvalue weighted by atomic mass is 9.89. The third-order valence-corrected chi connectivity index (χ3v) is 4.05. The predicted octanol–water partition coefficient (Wildman–Crippen LogP) is 3.02. The van der Waals surface area contributed by atoms with Gasteiger partial charge >= 0.3 is 0 Å². The van der Waals surface area contributed by atoms with Crippen LogP contribution in [0.1, 0.15) is 23.6 Å². The van der Waals surface area contributed by atoms with Gasteiger partial charge < -0.3 is 5.32 Å². The van der Waals surface area contributed by atoms with Gasteiger partial charge in [0.2, 0.25) is 5.91 Å². The van der Waals surface area contributed by atoms with E-state index in [-0.39, 0.29) is 17.9 Å². The van der Waals surface area contributed by atoms with Crippen LogP contribution in [0.15, 0.2) is 49.1 Å². The molecule has 0 saturated carbocycles. The molecule has 2 aromatic heterocycles. The summed E-state index contributed by atoms with van der Waals surface area (Å²) in [4.78, 5) is 20.4. The standard InChI is InChI=1S/C17H12F2N4O/c18-12-4-1-5-13(19)15(12)11-7-14(24)22-17-16(11)21-9-23(17)10-3-2-6-20-8-10/h1-6,8-9,11H,7H2,(H,22,24)/t11-/m1/s1. The number of carbonyl (C=O) groups excluding carboxylic acids is 1. The van der Waals surface area contributed by atoms with Crippen LogP contribution in [0.5, 0.6) is 0 Å². The number of hydrogen-bond donors (Lipinski definition) is 1. The number of anilines is 1. The summed E-state index contributed by atoms with van der Waals surface area (Å²) < 4.78 is 30.0. The molecule has 3 aromatic rings. The highest BCUT2D eigenvalue weighted by atomic mass is 19.1. The van der Waals surface area contributed by atoms with Crippen LogP contribution in [0.3, 0.4) is 0 Å². The number of aromatic nitrogens is 3. The molecular formula is C17H12F2N4O. The van der Waals surface area contributed by atoms with Crippen molar-refractivity contribution in [2.24, 2.45) is 0 Å². The Morgan fingerprint density at radius 2 is 1.96 bits per heavy atom. The molecule has 1 amide bonds. The molecule has 1 aliphatic rings. The van der Waals surface area contributed by atoms with Crippen molar-refractivity contribution in [3.05, 3.63) is 71.9 Å². The van der Waals surface area contributed by atoms with Gasteiger partial charge in [-0.3, -0.25) is 14.3 Å². The highest BCUT2D eigenvalue weighted by molar-refractivity contribution is 5.94. The highest BCUT2D eigenvalue weighted by Gasteiger charge is 2.34. The van der Waals surface area contributed by atoms with Crippen LogP contribution in [0.25, 0.3) is 5.69 Å². The number of benzene rings is 1. The maximum absolute atomic E-state index is 14.2. The first kappa shape index (κ1) is 14.5. The maximum Gasteiger partial charge on any atom is 0.226 e. The fraction of sp³-hybridized carbons (Fsp3) is 0.118. The van der Waals surface area contributed by atoms with Crippen LogP contribution < -0.4 is 5.32 Å². The van der Waals surface area contributed by atoms with Crippen molar-refractivity contribution in [3.63, 3.8) is 0 Å². The zero-order valence-corrected chi connectivity index (χ0v) is 12.4. The molecule has 0 radical (unpaired) electrons. The first-order chi connectivity index (χ1) is 11.6. The van der Waals surface area contributed by atoms with E-state index in [1.54, 1.807) is 29.1 Å². The van der Waals surface area contributed by atoms with Gasteiger partial charge in [-0.2, -0.15) is 0 Å². The summed E-state index contributed by atoms with van der Waals surface area (Å²) >= 11 is 0. The molecule has 0 unspecified atom stereocenters. The molecule has 1 N–H and O–H groups in total. The quantitative estimate of drug-likeness (QED) is 0.787. The van der Waals surface area contributed by atoms with Gasteiger partial charge in [-0.15, -0.1) is 0 Å². The Kier molecular flexibility index (Phi) is 3.34. The number of amides is 1. The largest absolute Gasteiger partial charge is 0.310 e. The van der Waals surface area contributed by atoms with Crippen LogP contribution in [-0.4, -0.2) is 20.4 Å². The van der Waals surface area contributed by atoms with Crippen LogP contribution >= 0.6 is 0 Å². The Hall–Kier alpha value is -3.09. The van der Waals surface area contributed by atoms with Crippen molar-refractivity contribution in [3.8, 4) is 5.69 Å². The van der Waals surface area contributed by atoms with Crippen LogP contribution in [-0.2, 0) is 4.79 Å². The minimum atomic E-state index is -0.770. The summed E-state index contributed by atoms with van der Waals surface area (Å²) in [5.41, 5.74) is 0.994. The summed E-state index contributed by atoms with van der Waals surface area (Å²) in [6.45, 7) is 0. The second kappa shape index (κ2) is 5.52. The number of hydrogen-bond acceptors (Lipinski definition) is 3. The van der Waals surface area contributed by atoms with Gasteiger partial charge in [0, 0.05) is 24.1 Å². The van der Waals surface area contributed by atoms with Gasteiger partial charge in [-0.25, -0.2) is 13.8 Å². The summed E-state index contributed by atoms with van der Waals surface area (Å²) in [7, 11) is 0. The molecule has 3 heterocycles. The minimum absolute atomic E-state index is 0.0606. The number of rotatable bonds is 2. The van der Waals surface area contributed by atoms with E-state index >= 15 is 0 Å². The first-order valence-corrected chi connectivity index (χ1v) is 7.36. The van der Waals surface area contributed by atoms with Gasteiger partial charge in [0.1, 0.15) is 23.8 Å². The number of fused-ring (bicyclic) bond motifs is 1. The Balaban J connectivity index is 1.88. The molecule has 0 aliphatic carbocycles. The van der Waals surface area contributed by atoms with Crippen LogP contribution in [0.4, 0.5) is 14.6 Å². The number of nitrogens with one attached hydrogen (secondary N) is 1. The lowest BCUT2D eigenvalue weighted by Gasteiger charge is -2.23. The molecule has 4 rings (SSSR count). The van der Waals surface area contributed by atoms with Gasteiger partial charge in [0.25, 0.3) is 0 Å². The molecular weight excluding hydrogens is 314 g/mol. The molecule has 1 aromatic carbocycles. The monoisotopic (exact) mass is 326 g/mol. The van der Waals surface area contributed by atoms with Gasteiger partial charge in [-0.1, -0.05) is 6.07 Å². The first-order valence-electron chi connectivity index (χ1n) is 7.36. The maximum atomic E-state index is 14.2. The Labute approximate surface area is 136 Å². The molecule has 5 nitrogen and oxygen atoms in total. The number of imidazole rings is 1. The molecule has 1 atom stereocenters. The zero-order chi connectivity index (χ0) is 16.7. The summed E-state index contributed by atoms with van der Waals surface area (Å²) in [5, 5.41) is 2.73. The average molecular weight is 326 g/mol. The summed E-state index contributed by atoms with van der Waals surface area (Å²) in [6.07, 6.45) is 4.69. The van der Waals surface area contributed by atoms with E-state index in [4.69, 9.17) is 0 Å². The third kappa shape index (κ3) is 2.25. The molecule has 120 valence electrons. The second-order valence-corrected chi connectivity index (χ2v) is 5.50. The van der Waals surface area contributed by atoms with E-state index in [1.165, 1.54) is 24.5 Å². The van der Waals surface area contributed by atoms with Crippen molar-refractivity contribution < 1.29 is 13.6 Å². The summed E-state index contributed by atoms with van der Waals surface area (Å²) in [5.74, 6) is -2.05. The van der Waals surface area contributed by atoms with Gasteiger partial charge in [-0.05, 0) is 24.3 Å². The average Bonchev–Trinajstić information content (AvgIpc) is 2.99. The topological polar surface area (TPSA) is 59.8 Å². The smallest absolute Gasteiger partial charge is 0.226 e. The third-order valence-electron chi connectivity index (χ3n) is 4.05. The lowest BCUT2D eigenvalue weighted by molar-refractivity contribution is -0.116. The second-order valence-electron chi connectivity index (χ2n) is 5.50. The lowest BCUT2D eigenvalue weighted by Crippen LogP contribution is -2.26. The van der Waals surface area contributed by atoms with Gasteiger partial charge in [0.05, 0.1) is 17.6 Å². The molecule has 0 bridgehead atoms. The minimum Gasteiger partial charge on any atom is -0.310 e. The molecule has 0 fully saturated rings.